The third kappa shape index (κ3) is 3.83. The molecule has 0 aromatic carbocycles. The number of aromatic nitrogens is 2. The summed E-state index contributed by atoms with van der Waals surface area (Å²) in [6, 6.07) is 9.13. The van der Waals surface area contributed by atoms with Gasteiger partial charge in [-0.1, -0.05) is 11.6 Å². The van der Waals surface area contributed by atoms with Crippen LogP contribution >= 0.6 is 11.6 Å². The van der Waals surface area contributed by atoms with Crippen LogP contribution in [0.5, 0.6) is 0 Å². The highest BCUT2D eigenvalue weighted by atomic mass is 35.5. The predicted octanol–water partition coefficient (Wildman–Crippen LogP) is 2.53. The molecule has 0 atom stereocenters. The van der Waals surface area contributed by atoms with Gasteiger partial charge in [0.05, 0.1) is 10.6 Å². The lowest BCUT2D eigenvalue weighted by atomic mass is 10.3. The zero-order valence-electron chi connectivity index (χ0n) is 10.1. The Kier molecular flexibility index (Phi) is 4.54. The van der Waals surface area contributed by atoms with Gasteiger partial charge in [0.15, 0.2) is 0 Å². The van der Waals surface area contributed by atoms with E-state index in [0.717, 1.165) is 5.82 Å². The van der Waals surface area contributed by atoms with Crippen LogP contribution in [-0.4, -0.2) is 23.1 Å². The van der Waals surface area contributed by atoms with Gasteiger partial charge in [0.2, 0.25) is 0 Å². The molecule has 2 N–H and O–H groups in total. The maximum absolute atomic E-state index is 8.91. The lowest BCUT2D eigenvalue weighted by Crippen LogP contribution is -2.15. The maximum Gasteiger partial charge on any atom is 0.143 e. The molecular weight excluding hydrogens is 262 g/mol. The van der Waals surface area contributed by atoms with Crippen LogP contribution in [0.1, 0.15) is 5.56 Å². The number of nitrogens with zero attached hydrogens (tertiary/aromatic N) is 3. The van der Waals surface area contributed by atoms with Crippen molar-refractivity contribution in [2.24, 2.45) is 0 Å². The van der Waals surface area contributed by atoms with Crippen LogP contribution in [0.3, 0.4) is 0 Å². The van der Waals surface area contributed by atoms with Crippen molar-refractivity contribution in [1.82, 2.24) is 9.97 Å². The van der Waals surface area contributed by atoms with Gasteiger partial charge < -0.3 is 10.6 Å². The molecule has 0 aliphatic rings. The van der Waals surface area contributed by atoms with Crippen molar-refractivity contribution >= 4 is 23.2 Å². The second kappa shape index (κ2) is 6.57. The first-order chi connectivity index (χ1) is 9.29. The summed E-state index contributed by atoms with van der Waals surface area (Å²) in [6.45, 7) is 1.30. The van der Waals surface area contributed by atoms with Gasteiger partial charge in [-0.05, 0) is 24.3 Å². The SMILES string of the molecule is N#Cc1cccnc1NCCNc1ccc(Cl)cn1. The highest BCUT2D eigenvalue weighted by Gasteiger charge is 2.00. The summed E-state index contributed by atoms with van der Waals surface area (Å²) in [5.41, 5.74) is 0.534. The monoisotopic (exact) mass is 273 g/mol. The van der Waals surface area contributed by atoms with Gasteiger partial charge in [0, 0.05) is 25.5 Å². The van der Waals surface area contributed by atoms with E-state index in [1.165, 1.54) is 0 Å². The van der Waals surface area contributed by atoms with Gasteiger partial charge in [-0.3, -0.25) is 0 Å². The molecule has 6 heteroatoms. The largest absolute Gasteiger partial charge is 0.368 e. The summed E-state index contributed by atoms with van der Waals surface area (Å²) in [6.07, 6.45) is 3.24. The first kappa shape index (κ1) is 13.1. The quantitative estimate of drug-likeness (QED) is 0.819. The molecule has 0 amide bonds. The molecule has 0 fully saturated rings. The van der Waals surface area contributed by atoms with E-state index in [9.17, 15) is 0 Å². The molecule has 0 saturated heterocycles. The first-order valence-corrected chi connectivity index (χ1v) is 6.12. The minimum atomic E-state index is 0.534. The molecule has 2 rings (SSSR count). The molecule has 5 nitrogen and oxygen atoms in total. The molecule has 19 heavy (non-hydrogen) atoms. The van der Waals surface area contributed by atoms with Crippen molar-refractivity contribution in [3.8, 4) is 6.07 Å². The minimum absolute atomic E-state index is 0.534. The topological polar surface area (TPSA) is 73.6 Å². The van der Waals surface area contributed by atoms with Crippen molar-refractivity contribution in [1.29, 1.82) is 5.26 Å². The smallest absolute Gasteiger partial charge is 0.143 e. The van der Waals surface area contributed by atoms with Gasteiger partial charge in [0.25, 0.3) is 0 Å². The van der Waals surface area contributed by atoms with E-state index in [1.54, 1.807) is 30.6 Å². The number of pyridine rings is 2. The van der Waals surface area contributed by atoms with Crippen LogP contribution in [0.2, 0.25) is 5.02 Å². The van der Waals surface area contributed by atoms with Crippen molar-refractivity contribution in [2.75, 3.05) is 23.7 Å². The Labute approximate surface area is 116 Å². The average Bonchev–Trinajstić information content (AvgIpc) is 2.46. The molecule has 0 saturated carbocycles. The number of hydrogen-bond acceptors (Lipinski definition) is 5. The van der Waals surface area contributed by atoms with Crippen LogP contribution in [-0.2, 0) is 0 Å². The standard InChI is InChI=1S/C13H12ClN5/c14-11-3-4-12(19-9-11)16-6-7-18-13-10(8-15)2-1-5-17-13/h1-5,9H,6-7H2,(H,16,19)(H,17,18). The lowest BCUT2D eigenvalue weighted by Gasteiger charge is -2.08. The fourth-order valence-electron chi connectivity index (χ4n) is 1.49. The number of rotatable bonds is 5. The molecule has 0 unspecified atom stereocenters. The summed E-state index contributed by atoms with van der Waals surface area (Å²) in [5, 5.41) is 15.8. The van der Waals surface area contributed by atoms with E-state index in [2.05, 4.69) is 26.7 Å². The van der Waals surface area contributed by atoms with Crippen LogP contribution < -0.4 is 10.6 Å². The summed E-state index contributed by atoms with van der Waals surface area (Å²) < 4.78 is 0. The molecule has 2 heterocycles. The summed E-state index contributed by atoms with van der Waals surface area (Å²) >= 11 is 5.74. The zero-order valence-corrected chi connectivity index (χ0v) is 10.9. The normalized spacial score (nSPS) is 9.68. The Morgan fingerprint density at radius 1 is 1.16 bits per heavy atom. The van der Waals surface area contributed by atoms with Crippen LogP contribution in [0.15, 0.2) is 36.7 Å². The first-order valence-electron chi connectivity index (χ1n) is 5.74. The fourth-order valence-corrected chi connectivity index (χ4v) is 1.60. The fraction of sp³-hybridized carbons (Fsp3) is 0.154. The number of nitriles is 1. The molecule has 2 aromatic heterocycles. The summed E-state index contributed by atoms with van der Waals surface area (Å²) in [7, 11) is 0. The third-order valence-electron chi connectivity index (χ3n) is 2.38. The Morgan fingerprint density at radius 2 is 2.00 bits per heavy atom. The molecule has 96 valence electrons. The van der Waals surface area contributed by atoms with Gasteiger partial charge in [-0.15, -0.1) is 0 Å². The maximum atomic E-state index is 8.91. The predicted molar refractivity (Wildman–Crippen MR) is 75.2 cm³/mol. The number of halogens is 1. The zero-order chi connectivity index (χ0) is 13.5. The van der Waals surface area contributed by atoms with E-state index >= 15 is 0 Å². The molecule has 0 aliphatic carbocycles. The van der Waals surface area contributed by atoms with Crippen LogP contribution in [0.4, 0.5) is 11.6 Å². The Hall–Kier alpha value is -2.32. The Balaban J connectivity index is 1.81. The lowest BCUT2D eigenvalue weighted by molar-refractivity contribution is 1.04. The van der Waals surface area contributed by atoms with Crippen molar-refractivity contribution in [3.63, 3.8) is 0 Å². The second-order valence-electron chi connectivity index (χ2n) is 3.73. The minimum Gasteiger partial charge on any atom is -0.368 e. The van der Waals surface area contributed by atoms with E-state index < -0.39 is 0 Å². The van der Waals surface area contributed by atoms with Gasteiger partial charge in [-0.25, -0.2) is 9.97 Å². The molecular formula is C13H12ClN5. The van der Waals surface area contributed by atoms with E-state index in [0.29, 0.717) is 29.5 Å². The van der Waals surface area contributed by atoms with E-state index in [4.69, 9.17) is 16.9 Å². The summed E-state index contributed by atoms with van der Waals surface area (Å²) in [4.78, 5) is 8.23. The van der Waals surface area contributed by atoms with Crippen molar-refractivity contribution in [2.45, 2.75) is 0 Å². The number of hydrogen-bond donors (Lipinski definition) is 2. The Bertz CT molecular complexity index is 576. The van der Waals surface area contributed by atoms with E-state index in [1.807, 2.05) is 6.07 Å². The molecule has 0 aliphatic heterocycles. The van der Waals surface area contributed by atoms with Gasteiger partial charge in [-0.2, -0.15) is 5.26 Å². The van der Waals surface area contributed by atoms with Crippen molar-refractivity contribution in [3.05, 3.63) is 47.2 Å². The third-order valence-corrected chi connectivity index (χ3v) is 2.60. The summed E-state index contributed by atoms with van der Waals surface area (Å²) in [5.74, 6) is 1.35. The second-order valence-corrected chi connectivity index (χ2v) is 4.16. The Morgan fingerprint density at radius 3 is 2.74 bits per heavy atom. The molecule has 2 aromatic rings. The average molecular weight is 274 g/mol. The number of anilines is 2. The van der Waals surface area contributed by atoms with Gasteiger partial charge >= 0.3 is 0 Å². The van der Waals surface area contributed by atoms with E-state index in [-0.39, 0.29) is 0 Å². The molecule has 0 bridgehead atoms. The highest BCUT2D eigenvalue weighted by molar-refractivity contribution is 6.30. The highest BCUT2D eigenvalue weighted by Crippen LogP contribution is 2.10. The van der Waals surface area contributed by atoms with Gasteiger partial charge in [0.1, 0.15) is 17.7 Å². The van der Waals surface area contributed by atoms with Crippen LogP contribution in [0.25, 0.3) is 0 Å². The van der Waals surface area contributed by atoms with Crippen molar-refractivity contribution < 1.29 is 0 Å². The molecule has 0 radical (unpaired) electrons. The molecule has 0 spiro atoms. The van der Waals surface area contributed by atoms with Crippen LogP contribution in [0, 0.1) is 11.3 Å². The number of nitrogens with one attached hydrogen (secondary N) is 2.